The van der Waals surface area contributed by atoms with Crippen molar-refractivity contribution >= 4 is 23.2 Å². The lowest BCUT2D eigenvalue weighted by molar-refractivity contribution is -0.136. The zero-order valence-corrected chi connectivity index (χ0v) is 13.7. The largest absolute Gasteiger partial charge is 0.508 e. The Bertz CT molecular complexity index is 712. The second-order valence-corrected chi connectivity index (χ2v) is 5.57. The van der Waals surface area contributed by atoms with Crippen LogP contribution in [0.2, 0.25) is 0 Å². The molecule has 0 spiro atoms. The van der Waals surface area contributed by atoms with Gasteiger partial charge in [0, 0.05) is 32.0 Å². The summed E-state index contributed by atoms with van der Waals surface area (Å²) in [4.78, 5) is 25.7. The van der Waals surface area contributed by atoms with E-state index in [0.717, 1.165) is 11.3 Å². The molecule has 0 aliphatic carbocycles. The van der Waals surface area contributed by atoms with Gasteiger partial charge >= 0.3 is 11.8 Å². The van der Waals surface area contributed by atoms with Gasteiger partial charge in [-0.25, -0.2) is 0 Å². The minimum absolute atomic E-state index is 0.196. The summed E-state index contributed by atoms with van der Waals surface area (Å²) in [5, 5.41) is 14.4. The summed E-state index contributed by atoms with van der Waals surface area (Å²) in [5.74, 6) is -1.18. The Morgan fingerprint density at radius 3 is 2.42 bits per heavy atom. The highest BCUT2D eigenvalue weighted by atomic mass is 16.3. The number of nitrogens with zero attached hydrogens (tertiary/aromatic N) is 1. The predicted octanol–water partition coefficient (Wildman–Crippen LogP) is 1.76. The molecule has 2 aromatic rings. The molecule has 0 unspecified atom stereocenters. The molecule has 6 nitrogen and oxygen atoms in total. The minimum atomic E-state index is -0.698. The van der Waals surface area contributed by atoms with Gasteiger partial charge in [0.25, 0.3) is 0 Å². The molecule has 2 amide bonds. The van der Waals surface area contributed by atoms with E-state index < -0.39 is 11.8 Å². The third kappa shape index (κ3) is 5.01. The van der Waals surface area contributed by atoms with Crippen LogP contribution in [0.1, 0.15) is 5.56 Å². The van der Waals surface area contributed by atoms with Gasteiger partial charge in [-0.1, -0.05) is 18.2 Å². The number of phenolic OH excluding ortho intramolecular Hbond substituents is 1. The molecule has 0 saturated heterocycles. The summed E-state index contributed by atoms with van der Waals surface area (Å²) in [7, 11) is 3.80. The SMILES string of the molecule is CN(C)c1cccc(NC(=O)C(=O)NCCc2ccc(O)cc2)c1. The van der Waals surface area contributed by atoms with Gasteiger partial charge in [0.1, 0.15) is 5.75 Å². The first-order valence-electron chi connectivity index (χ1n) is 7.60. The number of aromatic hydroxyl groups is 1. The molecule has 0 aliphatic heterocycles. The van der Waals surface area contributed by atoms with Gasteiger partial charge in [-0.2, -0.15) is 0 Å². The molecule has 126 valence electrons. The van der Waals surface area contributed by atoms with Crippen molar-refractivity contribution < 1.29 is 14.7 Å². The lowest BCUT2D eigenvalue weighted by Crippen LogP contribution is -2.36. The highest BCUT2D eigenvalue weighted by Crippen LogP contribution is 2.17. The van der Waals surface area contributed by atoms with Crippen LogP contribution in [0.4, 0.5) is 11.4 Å². The van der Waals surface area contributed by atoms with Gasteiger partial charge in [-0.3, -0.25) is 9.59 Å². The maximum absolute atomic E-state index is 11.9. The van der Waals surface area contributed by atoms with Gasteiger partial charge < -0.3 is 20.6 Å². The summed E-state index contributed by atoms with van der Waals surface area (Å²) in [6, 6.07) is 14.0. The van der Waals surface area contributed by atoms with E-state index in [4.69, 9.17) is 0 Å². The highest BCUT2D eigenvalue weighted by molar-refractivity contribution is 6.39. The Morgan fingerprint density at radius 2 is 1.75 bits per heavy atom. The quantitative estimate of drug-likeness (QED) is 0.731. The third-order valence-corrected chi connectivity index (χ3v) is 3.46. The second-order valence-electron chi connectivity index (χ2n) is 5.57. The second kappa shape index (κ2) is 8.01. The van der Waals surface area contributed by atoms with Crippen LogP contribution in [0.15, 0.2) is 48.5 Å². The molecule has 2 aromatic carbocycles. The van der Waals surface area contributed by atoms with E-state index in [0.29, 0.717) is 18.7 Å². The molecule has 24 heavy (non-hydrogen) atoms. The van der Waals surface area contributed by atoms with Crippen molar-refractivity contribution in [1.82, 2.24) is 5.32 Å². The van der Waals surface area contributed by atoms with Crippen molar-refractivity contribution in [2.24, 2.45) is 0 Å². The standard InChI is InChI=1S/C18H21N3O3/c1-21(2)15-5-3-4-14(12-15)20-18(24)17(23)19-11-10-13-6-8-16(22)9-7-13/h3-9,12,22H,10-11H2,1-2H3,(H,19,23)(H,20,24). The monoisotopic (exact) mass is 327 g/mol. The van der Waals surface area contributed by atoms with E-state index in [1.807, 2.05) is 31.1 Å². The number of amides is 2. The predicted molar refractivity (Wildman–Crippen MR) is 94.2 cm³/mol. The van der Waals surface area contributed by atoms with Crippen molar-refractivity contribution in [3.8, 4) is 5.75 Å². The van der Waals surface area contributed by atoms with Crippen molar-refractivity contribution in [2.75, 3.05) is 30.9 Å². The fourth-order valence-electron chi connectivity index (χ4n) is 2.11. The molecule has 0 saturated carbocycles. The van der Waals surface area contributed by atoms with E-state index >= 15 is 0 Å². The number of benzene rings is 2. The Morgan fingerprint density at radius 1 is 1.04 bits per heavy atom. The summed E-state index contributed by atoms with van der Waals surface area (Å²) in [5.41, 5.74) is 2.47. The Labute approximate surface area is 141 Å². The first-order chi connectivity index (χ1) is 11.5. The van der Waals surface area contributed by atoms with E-state index in [1.54, 1.807) is 36.4 Å². The van der Waals surface area contributed by atoms with Gasteiger partial charge in [-0.05, 0) is 42.3 Å². The maximum atomic E-state index is 11.9. The molecule has 0 aliphatic rings. The average molecular weight is 327 g/mol. The smallest absolute Gasteiger partial charge is 0.313 e. The highest BCUT2D eigenvalue weighted by Gasteiger charge is 2.13. The summed E-state index contributed by atoms with van der Waals surface area (Å²) >= 11 is 0. The molecule has 0 radical (unpaired) electrons. The van der Waals surface area contributed by atoms with Crippen LogP contribution in [0.25, 0.3) is 0 Å². The number of nitrogens with one attached hydrogen (secondary N) is 2. The number of anilines is 2. The molecule has 0 bridgehead atoms. The number of hydrogen-bond donors (Lipinski definition) is 3. The zero-order valence-electron chi connectivity index (χ0n) is 13.7. The number of carbonyl (C=O) groups is 2. The normalized spacial score (nSPS) is 10.1. The van der Waals surface area contributed by atoms with Crippen molar-refractivity contribution in [1.29, 1.82) is 0 Å². The number of carbonyl (C=O) groups excluding carboxylic acids is 2. The van der Waals surface area contributed by atoms with Gasteiger partial charge in [0.05, 0.1) is 0 Å². The molecule has 6 heteroatoms. The van der Waals surface area contributed by atoms with E-state index in [-0.39, 0.29) is 5.75 Å². The number of phenols is 1. The first-order valence-corrected chi connectivity index (χ1v) is 7.60. The fourth-order valence-corrected chi connectivity index (χ4v) is 2.11. The average Bonchev–Trinajstić information content (AvgIpc) is 2.56. The minimum Gasteiger partial charge on any atom is -0.508 e. The summed E-state index contributed by atoms with van der Waals surface area (Å²) in [6.07, 6.45) is 0.579. The Hall–Kier alpha value is -3.02. The van der Waals surface area contributed by atoms with Crippen LogP contribution in [-0.4, -0.2) is 37.6 Å². The molecule has 2 rings (SSSR count). The molecule has 0 aromatic heterocycles. The lowest BCUT2D eigenvalue weighted by atomic mass is 10.1. The fraction of sp³-hybridized carbons (Fsp3) is 0.222. The molecular formula is C18H21N3O3. The maximum Gasteiger partial charge on any atom is 0.313 e. The van der Waals surface area contributed by atoms with Crippen LogP contribution < -0.4 is 15.5 Å². The van der Waals surface area contributed by atoms with E-state index in [9.17, 15) is 14.7 Å². The third-order valence-electron chi connectivity index (χ3n) is 3.46. The van der Waals surface area contributed by atoms with Gasteiger partial charge in [0.2, 0.25) is 0 Å². The Kier molecular flexibility index (Phi) is 5.78. The van der Waals surface area contributed by atoms with Crippen LogP contribution in [0.5, 0.6) is 5.75 Å². The van der Waals surface area contributed by atoms with E-state index in [1.165, 1.54) is 0 Å². The van der Waals surface area contributed by atoms with Crippen LogP contribution >= 0.6 is 0 Å². The van der Waals surface area contributed by atoms with Crippen molar-refractivity contribution in [3.05, 3.63) is 54.1 Å². The topological polar surface area (TPSA) is 81.7 Å². The van der Waals surface area contributed by atoms with Crippen LogP contribution in [0.3, 0.4) is 0 Å². The molecule has 0 heterocycles. The summed E-state index contributed by atoms with van der Waals surface area (Å²) in [6.45, 7) is 0.342. The van der Waals surface area contributed by atoms with Crippen molar-refractivity contribution in [3.63, 3.8) is 0 Å². The molecular weight excluding hydrogens is 306 g/mol. The number of hydrogen-bond acceptors (Lipinski definition) is 4. The molecule has 0 fully saturated rings. The Balaban J connectivity index is 1.82. The molecule has 3 N–H and O–H groups in total. The van der Waals surface area contributed by atoms with Gasteiger partial charge in [-0.15, -0.1) is 0 Å². The van der Waals surface area contributed by atoms with Gasteiger partial charge in [0.15, 0.2) is 0 Å². The van der Waals surface area contributed by atoms with Crippen LogP contribution in [-0.2, 0) is 16.0 Å². The van der Waals surface area contributed by atoms with E-state index in [2.05, 4.69) is 10.6 Å². The summed E-state index contributed by atoms with van der Waals surface area (Å²) < 4.78 is 0. The first kappa shape index (κ1) is 17.3. The zero-order chi connectivity index (χ0) is 17.5. The van der Waals surface area contributed by atoms with Crippen molar-refractivity contribution in [2.45, 2.75) is 6.42 Å². The molecule has 0 atom stereocenters. The number of rotatable bonds is 5. The lowest BCUT2D eigenvalue weighted by Gasteiger charge is -2.14. The van der Waals surface area contributed by atoms with Crippen LogP contribution in [0, 0.1) is 0 Å².